The van der Waals surface area contributed by atoms with Crippen molar-refractivity contribution < 1.29 is 14.3 Å². The largest absolute Gasteiger partial charge is 0.454 e. The molecule has 1 aliphatic heterocycles. The van der Waals surface area contributed by atoms with E-state index in [0.29, 0.717) is 16.5 Å². The van der Waals surface area contributed by atoms with Crippen LogP contribution in [-0.4, -0.2) is 42.2 Å². The summed E-state index contributed by atoms with van der Waals surface area (Å²) in [5.41, 5.74) is 4.20. The van der Waals surface area contributed by atoms with Crippen LogP contribution in [0.15, 0.2) is 59.9 Å². The van der Waals surface area contributed by atoms with E-state index in [1.165, 1.54) is 0 Å². The third kappa shape index (κ3) is 3.91. The van der Waals surface area contributed by atoms with Gasteiger partial charge in [-0.05, 0) is 50.2 Å². The molecule has 3 aromatic rings. The van der Waals surface area contributed by atoms with E-state index >= 15 is 0 Å². The number of Topliss-reactive ketones (excluding diaryl/α,β-unsaturated/α-hetero) is 1. The van der Waals surface area contributed by atoms with Crippen LogP contribution >= 0.6 is 11.6 Å². The number of benzene rings is 2. The first-order chi connectivity index (χ1) is 16.2. The van der Waals surface area contributed by atoms with E-state index in [9.17, 15) is 14.9 Å². The van der Waals surface area contributed by atoms with E-state index in [1.807, 2.05) is 44.2 Å². The monoisotopic (exact) mass is 475 g/mol. The second kappa shape index (κ2) is 9.04. The lowest BCUT2D eigenvalue weighted by molar-refractivity contribution is -0.118. The van der Waals surface area contributed by atoms with Crippen molar-refractivity contribution in [3.63, 3.8) is 0 Å². The van der Waals surface area contributed by atoms with Crippen molar-refractivity contribution in [2.24, 2.45) is 0 Å². The van der Waals surface area contributed by atoms with Crippen LogP contribution < -0.4 is 9.80 Å². The molecule has 0 spiro atoms. The molecule has 0 bridgehead atoms. The number of ether oxygens (including phenoxy) is 1. The van der Waals surface area contributed by atoms with E-state index in [2.05, 4.69) is 5.10 Å². The number of ketones is 1. The highest BCUT2D eigenvalue weighted by Crippen LogP contribution is 2.40. The van der Waals surface area contributed by atoms with Crippen LogP contribution in [0.1, 0.15) is 21.7 Å². The number of carbonyl (C=O) groups is 2. The predicted molar refractivity (Wildman–Crippen MR) is 129 cm³/mol. The highest BCUT2D eigenvalue weighted by molar-refractivity contribution is 6.31. The molecule has 1 aliphatic rings. The van der Waals surface area contributed by atoms with Crippen LogP contribution in [0.3, 0.4) is 0 Å². The maximum absolute atomic E-state index is 12.8. The first kappa shape index (κ1) is 23.1. The number of carbonyl (C=O) groups excluding carboxylic acids is 2. The van der Waals surface area contributed by atoms with E-state index in [1.54, 1.807) is 52.8 Å². The Morgan fingerprint density at radius 1 is 1.03 bits per heavy atom. The molecule has 0 radical (unpaired) electrons. The number of aryl methyl sites for hydroxylation is 1. The maximum Gasteiger partial charge on any atom is 0.338 e. The fourth-order valence-electron chi connectivity index (χ4n) is 3.96. The number of anilines is 2. The minimum atomic E-state index is -0.662. The lowest BCUT2D eigenvalue weighted by atomic mass is 10.1. The van der Waals surface area contributed by atoms with Crippen LogP contribution in [-0.2, 0) is 9.53 Å². The van der Waals surface area contributed by atoms with Crippen molar-refractivity contribution in [1.82, 2.24) is 9.78 Å². The van der Waals surface area contributed by atoms with Crippen molar-refractivity contribution in [3.05, 3.63) is 81.9 Å². The normalized spacial score (nSPS) is 12.4. The average molecular weight is 476 g/mol. The molecule has 0 saturated carbocycles. The Morgan fingerprint density at radius 3 is 2.12 bits per heavy atom. The van der Waals surface area contributed by atoms with Crippen LogP contribution in [0.25, 0.3) is 5.69 Å². The van der Waals surface area contributed by atoms with Gasteiger partial charge < -0.3 is 14.5 Å². The number of fused-ring (bicyclic) bond motifs is 1. The Bertz CT molecular complexity index is 1340. The summed E-state index contributed by atoms with van der Waals surface area (Å²) in [6.45, 7) is 3.13. The van der Waals surface area contributed by atoms with Crippen LogP contribution in [0.4, 0.5) is 11.4 Å². The molecule has 34 heavy (non-hydrogen) atoms. The third-order valence-corrected chi connectivity index (χ3v) is 6.29. The number of hydrogen-bond acceptors (Lipinski definition) is 7. The molecule has 0 N–H and O–H groups in total. The smallest absolute Gasteiger partial charge is 0.338 e. The van der Waals surface area contributed by atoms with Crippen LogP contribution in [0.5, 0.6) is 0 Å². The van der Waals surface area contributed by atoms with Crippen molar-refractivity contribution in [2.75, 3.05) is 30.5 Å². The summed E-state index contributed by atoms with van der Waals surface area (Å²) in [4.78, 5) is 28.9. The summed E-state index contributed by atoms with van der Waals surface area (Å²) in [5, 5.41) is 14.7. The van der Waals surface area contributed by atoms with E-state index in [-0.39, 0.29) is 11.1 Å². The second-order valence-electron chi connectivity index (χ2n) is 7.86. The standard InChI is InChI=1S/C25H22ClN5O3/c1-15-23(26)16(2)31(28-15)18-11-9-17(10-12-18)25(33)34-14-22(32)19(13-27)24-29(3)20-7-5-6-8-21(20)30(24)4/h5-12H,14H2,1-4H3. The molecule has 0 saturated heterocycles. The molecule has 0 unspecified atom stereocenters. The van der Waals surface area contributed by atoms with E-state index in [4.69, 9.17) is 16.3 Å². The number of halogens is 1. The van der Waals surface area contributed by atoms with Gasteiger partial charge in [-0.25, -0.2) is 9.48 Å². The average Bonchev–Trinajstić information content (AvgIpc) is 3.26. The third-order valence-electron chi connectivity index (χ3n) is 5.74. The van der Waals surface area contributed by atoms with Crippen molar-refractivity contribution >= 4 is 34.7 Å². The molecule has 4 rings (SSSR count). The summed E-state index contributed by atoms with van der Waals surface area (Å²) in [7, 11) is 3.57. The van der Waals surface area contributed by atoms with Gasteiger partial charge in [-0.3, -0.25) is 4.79 Å². The number of aromatic nitrogens is 2. The van der Waals surface area contributed by atoms with E-state index < -0.39 is 18.4 Å². The van der Waals surface area contributed by atoms with Gasteiger partial charge in [0.25, 0.3) is 0 Å². The summed E-state index contributed by atoms with van der Waals surface area (Å²) in [5.74, 6) is -0.797. The number of nitrogens with zero attached hydrogens (tertiary/aromatic N) is 5. The van der Waals surface area contributed by atoms with Gasteiger partial charge in [0.1, 0.15) is 17.5 Å². The number of esters is 1. The van der Waals surface area contributed by atoms with Crippen molar-refractivity contribution in [1.29, 1.82) is 5.26 Å². The fourth-order valence-corrected chi connectivity index (χ4v) is 4.08. The highest BCUT2D eigenvalue weighted by atomic mass is 35.5. The lowest BCUT2D eigenvalue weighted by Crippen LogP contribution is -2.27. The molecule has 0 fully saturated rings. The van der Waals surface area contributed by atoms with Gasteiger partial charge in [-0.2, -0.15) is 10.4 Å². The summed E-state index contributed by atoms with van der Waals surface area (Å²) in [6.07, 6.45) is 0. The fraction of sp³-hybridized carbons (Fsp3) is 0.200. The first-order valence-corrected chi connectivity index (χ1v) is 10.9. The van der Waals surface area contributed by atoms with Gasteiger partial charge >= 0.3 is 5.97 Å². The van der Waals surface area contributed by atoms with Gasteiger partial charge in [-0.1, -0.05) is 23.7 Å². The Balaban J connectivity index is 1.47. The van der Waals surface area contributed by atoms with Gasteiger partial charge in [0.05, 0.1) is 39.0 Å². The molecule has 2 heterocycles. The molecule has 2 aromatic carbocycles. The Labute approximate surface area is 202 Å². The van der Waals surface area contributed by atoms with Gasteiger partial charge in [0, 0.05) is 14.1 Å². The van der Waals surface area contributed by atoms with Crippen molar-refractivity contribution in [2.45, 2.75) is 13.8 Å². The highest BCUT2D eigenvalue weighted by Gasteiger charge is 2.31. The molecule has 0 amide bonds. The molecule has 1 aromatic heterocycles. The minimum absolute atomic E-state index is 0.0780. The molecular weight excluding hydrogens is 454 g/mol. The zero-order valence-corrected chi connectivity index (χ0v) is 19.9. The minimum Gasteiger partial charge on any atom is -0.454 e. The number of hydrogen-bond donors (Lipinski definition) is 0. The van der Waals surface area contributed by atoms with Gasteiger partial charge in [0.15, 0.2) is 6.61 Å². The molecule has 0 aliphatic carbocycles. The summed E-state index contributed by atoms with van der Waals surface area (Å²) in [6, 6.07) is 16.2. The van der Waals surface area contributed by atoms with Crippen molar-refractivity contribution in [3.8, 4) is 11.8 Å². The maximum atomic E-state index is 12.8. The van der Waals surface area contributed by atoms with E-state index in [0.717, 1.165) is 22.8 Å². The van der Waals surface area contributed by atoms with Crippen LogP contribution in [0, 0.1) is 25.2 Å². The number of rotatable bonds is 5. The summed E-state index contributed by atoms with van der Waals surface area (Å²) >= 11 is 6.21. The first-order valence-electron chi connectivity index (χ1n) is 10.5. The van der Waals surface area contributed by atoms with Crippen LogP contribution in [0.2, 0.25) is 5.02 Å². The van der Waals surface area contributed by atoms with Gasteiger partial charge in [-0.15, -0.1) is 0 Å². The quantitative estimate of drug-likeness (QED) is 0.310. The molecule has 172 valence electrons. The Morgan fingerprint density at radius 2 is 1.62 bits per heavy atom. The number of para-hydroxylation sites is 2. The Hall–Kier alpha value is -4.09. The molecule has 9 heteroatoms. The topological polar surface area (TPSA) is 91.5 Å². The zero-order chi connectivity index (χ0) is 24.6. The Kier molecular flexibility index (Phi) is 6.14. The molecule has 0 atom stereocenters. The summed E-state index contributed by atoms with van der Waals surface area (Å²) < 4.78 is 6.91. The SMILES string of the molecule is Cc1nn(-c2ccc(C(=O)OCC(=O)C(C#N)=C3N(C)c4ccccc4N3C)cc2)c(C)c1Cl. The van der Waals surface area contributed by atoms with Gasteiger partial charge in [0.2, 0.25) is 5.78 Å². The second-order valence-corrected chi connectivity index (χ2v) is 8.24. The molecule has 8 nitrogen and oxygen atoms in total. The zero-order valence-electron chi connectivity index (χ0n) is 19.2. The lowest BCUT2D eigenvalue weighted by Gasteiger charge is -2.19. The predicted octanol–water partition coefficient (Wildman–Crippen LogP) is 4.19. The number of nitriles is 1. The molecular formula is C25H22ClN5O3.